The van der Waals surface area contributed by atoms with Gasteiger partial charge in [0, 0.05) is 5.56 Å². The maximum Gasteiger partial charge on any atom is 0.573 e. The van der Waals surface area contributed by atoms with Crippen LogP contribution in [0, 0.1) is 0 Å². The number of sulfonamides is 1. The molecule has 0 radical (unpaired) electrons. The van der Waals surface area contributed by atoms with E-state index in [0.29, 0.717) is 0 Å². The van der Waals surface area contributed by atoms with E-state index in [-0.39, 0.29) is 5.56 Å². The van der Waals surface area contributed by atoms with Crippen molar-refractivity contribution in [2.75, 3.05) is 12.8 Å². The number of Topliss-reactive ketones (excluding diaryl/α,β-unsaturated/α-hetero) is 1. The van der Waals surface area contributed by atoms with Gasteiger partial charge in [0.1, 0.15) is 5.75 Å². The highest BCUT2D eigenvalue weighted by atomic mass is 32.2. The van der Waals surface area contributed by atoms with Crippen LogP contribution in [-0.2, 0) is 10.0 Å². The molecule has 0 bridgehead atoms. The van der Waals surface area contributed by atoms with Gasteiger partial charge in [-0.3, -0.25) is 4.79 Å². The first kappa shape index (κ1) is 15.4. The fraction of sp³-hybridized carbons (Fsp3) is 0.300. The molecule has 1 aromatic carbocycles. The van der Waals surface area contributed by atoms with E-state index in [1.54, 1.807) is 0 Å². The summed E-state index contributed by atoms with van der Waals surface area (Å²) in [5.74, 6) is -1.02. The van der Waals surface area contributed by atoms with Crippen LogP contribution in [0.1, 0.15) is 10.4 Å². The first-order valence-electron chi connectivity index (χ1n) is 4.90. The van der Waals surface area contributed by atoms with Gasteiger partial charge in [-0.05, 0) is 24.3 Å². The lowest BCUT2D eigenvalue weighted by Crippen LogP contribution is -2.28. The summed E-state index contributed by atoms with van der Waals surface area (Å²) >= 11 is 0. The van der Waals surface area contributed by atoms with Crippen LogP contribution in [0.25, 0.3) is 0 Å². The van der Waals surface area contributed by atoms with E-state index >= 15 is 0 Å². The van der Waals surface area contributed by atoms with Gasteiger partial charge in [-0.15, -0.1) is 13.2 Å². The second-order valence-electron chi connectivity index (χ2n) is 3.59. The van der Waals surface area contributed by atoms with Crippen molar-refractivity contribution in [2.45, 2.75) is 6.36 Å². The van der Waals surface area contributed by atoms with Crippen molar-refractivity contribution in [1.29, 1.82) is 0 Å². The largest absolute Gasteiger partial charge is 0.573 e. The van der Waals surface area contributed by atoms with Crippen molar-refractivity contribution < 1.29 is 31.1 Å². The van der Waals surface area contributed by atoms with Gasteiger partial charge in [-0.25, -0.2) is 13.1 Å². The van der Waals surface area contributed by atoms with Gasteiger partial charge in [-0.1, -0.05) is 0 Å². The highest BCUT2D eigenvalue weighted by Crippen LogP contribution is 2.22. The second-order valence-corrected chi connectivity index (χ2v) is 5.42. The second kappa shape index (κ2) is 5.57. The van der Waals surface area contributed by atoms with E-state index in [1.165, 1.54) is 0 Å². The molecule has 0 aliphatic rings. The average molecular weight is 297 g/mol. The fourth-order valence-electron chi connectivity index (χ4n) is 1.14. The fourth-order valence-corrected chi connectivity index (χ4v) is 1.53. The third-order valence-electron chi connectivity index (χ3n) is 1.90. The first-order chi connectivity index (χ1) is 8.57. The number of ether oxygens (including phenoxy) is 1. The Balaban J connectivity index is 2.68. The van der Waals surface area contributed by atoms with E-state index in [4.69, 9.17) is 0 Å². The number of hydrogen-bond donors (Lipinski definition) is 1. The Morgan fingerprint density at radius 3 is 2.21 bits per heavy atom. The summed E-state index contributed by atoms with van der Waals surface area (Å²) in [6.07, 6.45) is -3.91. The molecule has 0 fully saturated rings. The lowest BCUT2D eigenvalue weighted by atomic mass is 10.1. The van der Waals surface area contributed by atoms with Crippen LogP contribution < -0.4 is 9.46 Å². The minimum absolute atomic E-state index is 0.0747. The van der Waals surface area contributed by atoms with Gasteiger partial charge in [0.05, 0.1) is 12.8 Å². The van der Waals surface area contributed by atoms with Crippen molar-refractivity contribution in [3.63, 3.8) is 0 Å². The number of hydrogen-bond acceptors (Lipinski definition) is 4. The molecule has 1 N–H and O–H groups in total. The van der Waals surface area contributed by atoms with E-state index < -0.39 is 34.5 Å². The van der Waals surface area contributed by atoms with Crippen molar-refractivity contribution in [2.24, 2.45) is 0 Å². The lowest BCUT2D eigenvalue weighted by molar-refractivity contribution is -0.274. The number of benzene rings is 1. The summed E-state index contributed by atoms with van der Waals surface area (Å²) in [5, 5.41) is 0. The van der Waals surface area contributed by atoms with E-state index in [1.807, 2.05) is 4.72 Å². The third-order valence-corrected chi connectivity index (χ3v) is 2.57. The zero-order chi connectivity index (χ0) is 14.7. The Morgan fingerprint density at radius 2 is 1.79 bits per heavy atom. The molecule has 0 heterocycles. The van der Waals surface area contributed by atoms with Crippen molar-refractivity contribution in [1.82, 2.24) is 4.72 Å². The van der Waals surface area contributed by atoms with Crippen LogP contribution in [0.4, 0.5) is 13.2 Å². The summed E-state index contributed by atoms with van der Waals surface area (Å²) in [7, 11) is -3.50. The minimum Gasteiger partial charge on any atom is -0.406 e. The molecule has 0 saturated carbocycles. The van der Waals surface area contributed by atoms with Crippen molar-refractivity contribution in [3.05, 3.63) is 29.8 Å². The van der Waals surface area contributed by atoms with Gasteiger partial charge >= 0.3 is 6.36 Å². The molecule has 0 amide bonds. The number of carbonyl (C=O) groups excluding carboxylic acids is 1. The molecule has 19 heavy (non-hydrogen) atoms. The van der Waals surface area contributed by atoms with Crippen LogP contribution in [0.3, 0.4) is 0 Å². The van der Waals surface area contributed by atoms with E-state index in [9.17, 15) is 26.4 Å². The molecule has 0 spiro atoms. The number of carbonyl (C=O) groups is 1. The Kier molecular flexibility index (Phi) is 4.53. The topological polar surface area (TPSA) is 72.5 Å². The summed E-state index contributed by atoms with van der Waals surface area (Å²) in [6, 6.07) is 4.18. The van der Waals surface area contributed by atoms with E-state index in [2.05, 4.69) is 4.74 Å². The maximum absolute atomic E-state index is 11.9. The number of halogens is 3. The monoisotopic (exact) mass is 297 g/mol. The number of alkyl halides is 3. The molecule has 1 aromatic rings. The quantitative estimate of drug-likeness (QED) is 0.832. The predicted octanol–water partition coefficient (Wildman–Crippen LogP) is 1.32. The Morgan fingerprint density at radius 1 is 1.26 bits per heavy atom. The van der Waals surface area contributed by atoms with Crippen molar-refractivity contribution >= 4 is 15.8 Å². The predicted molar refractivity (Wildman–Crippen MR) is 60.3 cm³/mol. The van der Waals surface area contributed by atoms with Gasteiger partial charge in [0.2, 0.25) is 10.0 Å². The first-order valence-corrected chi connectivity index (χ1v) is 6.79. The molecular weight excluding hydrogens is 287 g/mol. The van der Waals surface area contributed by atoms with Gasteiger partial charge in [0.25, 0.3) is 0 Å². The van der Waals surface area contributed by atoms with E-state index in [0.717, 1.165) is 30.5 Å². The zero-order valence-electron chi connectivity index (χ0n) is 9.69. The minimum atomic E-state index is -4.80. The maximum atomic E-state index is 11.9. The lowest BCUT2D eigenvalue weighted by Gasteiger charge is -2.09. The smallest absolute Gasteiger partial charge is 0.406 e. The molecule has 106 valence electrons. The normalized spacial score (nSPS) is 12.2. The number of ketones is 1. The number of nitrogens with one attached hydrogen (secondary N) is 1. The highest BCUT2D eigenvalue weighted by Gasteiger charge is 2.31. The molecule has 1 rings (SSSR count). The van der Waals surface area contributed by atoms with Crippen LogP contribution in [0.2, 0.25) is 0 Å². The highest BCUT2D eigenvalue weighted by molar-refractivity contribution is 7.88. The summed E-state index contributed by atoms with van der Waals surface area (Å²) in [5.41, 5.74) is 0.0747. The molecule has 9 heteroatoms. The van der Waals surface area contributed by atoms with Crippen molar-refractivity contribution in [3.8, 4) is 5.75 Å². The Bertz CT molecular complexity index is 551. The summed E-state index contributed by atoms with van der Waals surface area (Å²) in [4.78, 5) is 11.5. The Labute approximate surface area is 107 Å². The Hall–Kier alpha value is -1.61. The molecule has 0 aliphatic carbocycles. The summed E-state index contributed by atoms with van der Waals surface area (Å²) < 4.78 is 62.8. The number of rotatable bonds is 5. The van der Waals surface area contributed by atoms with Gasteiger partial charge in [0.15, 0.2) is 5.78 Å². The average Bonchev–Trinajstić information content (AvgIpc) is 2.23. The van der Waals surface area contributed by atoms with Crippen LogP contribution in [-0.4, -0.2) is 33.4 Å². The zero-order valence-corrected chi connectivity index (χ0v) is 10.5. The molecule has 0 aromatic heterocycles. The molecule has 0 saturated heterocycles. The SMILES string of the molecule is CS(=O)(=O)NCC(=O)c1ccc(OC(F)(F)F)cc1. The molecule has 0 aliphatic heterocycles. The molecular formula is C10H10F3NO4S. The molecule has 5 nitrogen and oxygen atoms in total. The molecule has 0 unspecified atom stereocenters. The summed E-state index contributed by atoms with van der Waals surface area (Å²) in [6.45, 7) is -0.460. The van der Waals surface area contributed by atoms with Crippen LogP contribution in [0.15, 0.2) is 24.3 Å². The van der Waals surface area contributed by atoms with Gasteiger partial charge < -0.3 is 4.74 Å². The third kappa shape index (κ3) is 6.20. The van der Waals surface area contributed by atoms with Crippen LogP contribution in [0.5, 0.6) is 5.75 Å². The van der Waals surface area contributed by atoms with Gasteiger partial charge in [-0.2, -0.15) is 0 Å². The van der Waals surface area contributed by atoms with Crippen LogP contribution >= 0.6 is 0 Å². The standard InChI is InChI=1S/C10H10F3NO4S/c1-19(16,17)14-6-9(15)7-2-4-8(5-3-7)18-10(11,12)13/h2-5,14H,6H2,1H3. The molecule has 0 atom stereocenters.